The Balaban J connectivity index is 1.58. The number of ether oxygens (including phenoxy) is 1. The first-order valence-corrected chi connectivity index (χ1v) is 7.37. The number of nitrogens with one attached hydrogen (secondary N) is 1. The van der Waals surface area contributed by atoms with E-state index < -0.39 is 0 Å². The van der Waals surface area contributed by atoms with Crippen LogP contribution >= 0.6 is 0 Å². The van der Waals surface area contributed by atoms with Gasteiger partial charge < -0.3 is 19.5 Å². The average Bonchev–Trinajstić information content (AvgIpc) is 2.75. The second-order valence-electron chi connectivity index (χ2n) is 5.55. The lowest BCUT2D eigenvalue weighted by Crippen LogP contribution is -2.35. The summed E-state index contributed by atoms with van der Waals surface area (Å²) in [5.41, 5.74) is 0. The van der Waals surface area contributed by atoms with E-state index in [9.17, 15) is 0 Å². The Labute approximate surface area is 119 Å². The summed E-state index contributed by atoms with van der Waals surface area (Å²) in [7, 11) is 2.08. The van der Waals surface area contributed by atoms with Crippen LogP contribution in [-0.2, 0) is 11.3 Å². The zero-order valence-corrected chi connectivity index (χ0v) is 12.0. The molecule has 0 spiro atoms. The molecule has 2 aliphatic heterocycles. The molecule has 1 unspecified atom stereocenters. The van der Waals surface area contributed by atoms with Crippen LogP contribution in [0, 0.1) is 0 Å². The van der Waals surface area contributed by atoms with Gasteiger partial charge in [0.25, 0.3) is 0 Å². The molecule has 2 saturated heterocycles. The van der Waals surface area contributed by atoms with Crippen molar-refractivity contribution >= 4 is 0 Å². The minimum Gasteiger partial charge on any atom is -0.367 e. The van der Waals surface area contributed by atoms with E-state index >= 15 is 0 Å². The Morgan fingerprint density at radius 2 is 2.25 bits per heavy atom. The van der Waals surface area contributed by atoms with Crippen molar-refractivity contribution in [2.75, 3.05) is 52.9 Å². The van der Waals surface area contributed by atoms with Gasteiger partial charge in [0.2, 0.25) is 11.7 Å². The summed E-state index contributed by atoms with van der Waals surface area (Å²) in [5.74, 6) is 1.37. The van der Waals surface area contributed by atoms with E-state index in [1.165, 1.54) is 0 Å². The van der Waals surface area contributed by atoms with Crippen molar-refractivity contribution in [3.05, 3.63) is 11.7 Å². The van der Waals surface area contributed by atoms with Crippen molar-refractivity contribution in [2.45, 2.75) is 19.1 Å². The molecule has 0 aliphatic carbocycles. The third-order valence-corrected chi connectivity index (χ3v) is 3.83. The fourth-order valence-corrected chi connectivity index (χ4v) is 2.65. The molecular weight excluding hydrogens is 258 g/mol. The van der Waals surface area contributed by atoms with Crippen molar-refractivity contribution in [3.8, 4) is 0 Å². The Bertz CT molecular complexity index is 417. The van der Waals surface area contributed by atoms with E-state index in [0.717, 1.165) is 58.8 Å². The van der Waals surface area contributed by atoms with Crippen LogP contribution in [0.3, 0.4) is 0 Å². The van der Waals surface area contributed by atoms with Gasteiger partial charge in [-0.1, -0.05) is 5.16 Å². The van der Waals surface area contributed by atoms with Gasteiger partial charge in [-0.3, -0.25) is 4.90 Å². The van der Waals surface area contributed by atoms with Gasteiger partial charge in [-0.15, -0.1) is 0 Å². The molecule has 0 bridgehead atoms. The molecule has 1 N–H and O–H groups in total. The van der Waals surface area contributed by atoms with Gasteiger partial charge in [-0.05, 0) is 26.6 Å². The van der Waals surface area contributed by atoms with Crippen LogP contribution in [0.4, 0.5) is 0 Å². The van der Waals surface area contributed by atoms with E-state index in [1.807, 2.05) is 0 Å². The molecule has 0 amide bonds. The largest absolute Gasteiger partial charge is 0.367 e. The highest BCUT2D eigenvalue weighted by Crippen LogP contribution is 2.19. The van der Waals surface area contributed by atoms with E-state index in [-0.39, 0.29) is 6.10 Å². The summed E-state index contributed by atoms with van der Waals surface area (Å²) in [6, 6.07) is 0. The van der Waals surface area contributed by atoms with Gasteiger partial charge in [-0.25, -0.2) is 0 Å². The van der Waals surface area contributed by atoms with Crippen LogP contribution < -0.4 is 5.32 Å². The van der Waals surface area contributed by atoms with Gasteiger partial charge in [0.05, 0.1) is 13.2 Å². The third kappa shape index (κ3) is 3.54. The Kier molecular flexibility index (Phi) is 4.62. The molecule has 7 heteroatoms. The first-order chi connectivity index (χ1) is 9.81. The van der Waals surface area contributed by atoms with E-state index in [4.69, 9.17) is 9.26 Å². The molecule has 3 heterocycles. The summed E-state index contributed by atoms with van der Waals surface area (Å²) < 4.78 is 11.1. The molecule has 3 rings (SSSR count). The maximum absolute atomic E-state index is 5.71. The van der Waals surface area contributed by atoms with Gasteiger partial charge in [0.15, 0.2) is 0 Å². The maximum Gasteiger partial charge on any atom is 0.240 e. The molecule has 0 radical (unpaired) electrons. The number of morpholine rings is 1. The average molecular weight is 281 g/mol. The first-order valence-electron chi connectivity index (χ1n) is 7.37. The standard InChI is InChI=1S/C13H23N5O2/c1-17-7-8-19-11(9-17)13-15-12(20-16-13)10-18-5-2-3-14-4-6-18/h11,14H,2-10H2,1H3. The predicted octanol–water partition coefficient (Wildman–Crippen LogP) is -0.132. The molecule has 0 aromatic carbocycles. The van der Waals surface area contributed by atoms with Crippen molar-refractivity contribution in [3.63, 3.8) is 0 Å². The Morgan fingerprint density at radius 1 is 1.30 bits per heavy atom. The SMILES string of the molecule is CN1CCOC(c2noc(CN3CCCNCC3)n2)C1. The van der Waals surface area contributed by atoms with Gasteiger partial charge in [0.1, 0.15) is 6.10 Å². The summed E-state index contributed by atoms with van der Waals surface area (Å²) in [6.07, 6.45) is 1.11. The van der Waals surface area contributed by atoms with E-state index in [0.29, 0.717) is 11.7 Å². The van der Waals surface area contributed by atoms with Gasteiger partial charge in [-0.2, -0.15) is 4.98 Å². The fourth-order valence-electron chi connectivity index (χ4n) is 2.65. The number of nitrogens with zero attached hydrogens (tertiary/aromatic N) is 4. The summed E-state index contributed by atoms with van der Waals surface area (Å²) in [5, 5.41) is 7.47. The lowest BCUT2D eigenvalue weighted by Gasteiger charge is -2.27. The summed E-state index contributed by atoms with van der Waals surface area (Å²) in [4.78, 5) is 9.08. The molecule has 1 aromatic heterocycles. The van der Waals surface area contributed by atoms with Crippen molar-refractivity contribution in [1.82, 2.24) is 25.3 Å². The predicted molar refractivity (Wildman–Crippen MR) is 73.3 cm³/mol. The number of hydrogen-bond acceptors (Lipinski definition) is 7. The number of likely N-dealkylation sites (N-methyl/N-ethyl adjacent to an activating group) is 1. The number of rotatable bonds is 3. The molecule has 20 heavy (non-hydrogen) atoms. The minimum absolute atomic E-state index is 0.0583. The van der Waals surface area contributed by atoms with Crippen molar-refractivity contribution < 1.29 is 9.26 Å². The van der Waals surface area contributed by atoms with Crippen LogP contribution in [0.15, 0.2) is 4.52 Å². The van der Waals surface area contributed by atoms with Crippen molar-refractivity contribution in [2.24, 2.45) is 0 Å². The minimum atomic E-state index is -0.0583. The molecule has 2 fully saturated rings. The molecule has 0 saturated carbocycles. The van der Waals surface area contributed by atoms with Crippen LogP contribution in [0.5, 0.6) is 0 Å². The quantitative estimate of drug-likeness (QED) is 0.827. The second-order valence-corrected chi connectivity index (χ2v) is 5.55. The van der Waals surface area contributed by atoms with E-state index in [2.05, 4.69) is 32.3 Å². The highest BCUT2D eigenvalue weighted by molar-refractivity contribution is 4.94. The lowest BCUT2D eigenvalue weighted by atomic mass is 10.3. The molecule has 1 atom stereocenters. The molecule has 7 nitrogen and oxygen atoms in total. The highest BCUT2D eigenvalue weighted by Gasteiger charge is 2.24. The zero-order valence-electron chi connectivity index (χ0n) is 12.0. The van der Waals surface area contributed by atoms with Gasteiger partial charge >= 0.3 is 0 Å². The highest BCUT2D eigenvalue weighted by atomic mass is 16.5. The maximum atomic E-state index is 5.71. The van der Waals surface area contributed by atoms with Crippen LogP contribution in [0.2, 0.25) is 0 Å². The summed E-state index contributed by atoms with van der Waals surface area (Å²) >= 11 is 0. The molecule has 112 valence electrons. The Hall–Kier alpha value is -1.02. The number of aromatic nitrogens is 2. The second kappa shape index (κ2) is 6.62. The Morgan fingerprint density at radius 3 is 3.15 bits per heavy atom. The van der Waals surface area contributed by atoms with Crippen LogP contribution in [-0.4, -0.2) is 72.9 Å². The summed E-state index contributed by atoms with van der Waals surface area (Å²) in [6.45, 7) is 7.47. The van der Waals surface area contributed by atoms with Gasteiger partial charge in [0, 0.05) is 26.2 Å². The third-order valence-electron chi connectivity index (χ3n) is 3.83. The zero-order chi connectivity index (χ0) is 13.8. The molecule has 1 aromatic rings. The first kappa shape index (κ1) is 13.9. The number of hydrogen-bond donors (Lipinski definition) is 1. The lowest BCUT2D eigenvalue weighted by molar-refractivity contribution is -0.0264. The molecule has 2 aliphatic rings. The van der Waals surface area contributed by atoms with E-state index in [1.54, 1.807) is 0 Å². The molecular formula is C13H23N5O2. The fraction of sp³-hybridized carbons (Fsp3) is 0.846. The van der Waals surface area contributed by atoms with Crippen LogP contribution in [0.1, 0.15) is 24.2 Å². The van der Waals surface area contributed by atoms with Crippen LogP contribution in [0.25, 0.3) is 0 Å². The smallest absolute Gasteiger partial charge is 0.240 e. The van der Waals surface area contributed by atoms with Crippen molar-refractivity contribution in [1.29, 1.82) is 0 Å². The monoisotopic (exact) mass is 281 g/mol. The topological polar surface area (TPSA) is 66.7 Å². The normalized spacial score (nSPS) is 26.6.